The third kappa shape index (κ3) is 5.19. The van der Waals surface area contributed by atoms with Gasteiger partial charge in [0.05, 0.1) is 5.41 Å². The largest absolute Gasteiger partial charge is 0.310 e. The summed E-state index contributed by atoms with van der Waals surface area (Å²) in [4.78, 5) is 4.98. The van der Waals surface area contributed by atoms with Crippen LogP contribution >= 0.6 is 11.8 Å². The fourth-order valence-electron chi connectivity index (χ4n) is 10.3. The van der Waals surface area contributed by atoms with E-state index in [-0.39, 0.29) is 5.41 Å². The molecule has 11 rings (SSSR count). The minimum atomic E-state index is -0.512. The first-order valence-corrected chi connectivity index (χ1v) is 21.4. The van der Waals surface area contributed by atoms with Crippen molar-refractivity contribution < 1.29 is 0 Å². The number of hydrogen-bond donors (Lipinski definition) is 0. The van der Waals surface area contributed by atoms with E-state index in [1.807, 2.05) is 11.8 Å². The van der Waals surface area contributed by atoms with Crippen molar-refractivity contribution in [2.75, 3.05) is 4.90 Å². The molecule has 0 saturated heterocycles. The molecule has 0 saturated carbocycles. The molecule has 0 unspecified atom stereocenters. The summed E-state index contributed by atoms with van der Waals surface area (Å²) in [5.41, 5.74) is 18.2. The molecule has 8 aromatic rings. The van der Waals surface area contributed by atoms with E-state index in [0.29, 0.717) is 0 Å². The van der Waals surface area contributed by atoms with E-state index in [1.54, 1.807) is 0 Å². The van der Waals surface area contributed by atoms with Gasteiger partial charge in [0.15, 0.2) is 0 Å². The maximum Gasteiger partial charge on any atom is 0.0741 e. The third-order valence-corrected chi connectivity index (χ3v) is 14.1. The SMILES string of the molecule is C=C1/C(=C\C=C/C)C2(c3ccccc3Sc3ccccc32)c2c1cccc2-c1ccc2cc(N(c3ccccc3)c3ccc4c(c3)C(C)(C)c3ccccc3-4)ccc2c1. The summed E-state index contributed by atoms with van der Waals surface area (Å²) in [6, 6.07) is 65.4. The average Bonchev–Trinajstić information content (AvgIpc) is 3.66. The van der Waals surface area contributed by atoms with Gasteiger partial charge in [-0.3, -0.25) is 0 Å². The van der Waals surface area contributed by atoms with E-state index in [4.69, 9.17) is 6.58 Å². The normalized spacial score (nSPS) is 15.9. The van der Waals surface area contributed by atoms with Crippen molar-refractivity contribution in [2.24, 2.45) is 0 Å². The number of nitrogens with zero attached hydrogens (tertiary/aromatic N) is 1. The van der Waals surface area contributed by atoms with Gasteiger partial charge < -0.3 is 4.90 Å². The zero-order valence-electron chi connectivity index (χ0n) is 33.5. The average molecular weight is 774 g/mol. The number of hydrogen-bond acceptors (Lipinski definition) is 2. The van der Waals surface area contributed by atoms with E-state index < -0.39 is 5.41 Å². The minimum Gasteiger partial charge on any atom is -0.310 e. The number of anilines is 3. The Morgan fingerprint density at radius 3 is 1.86 bits per heavy atom. The van der Waals surface area contributed by atoms with Crippen LogP contribution in [0.4, 0.5) is 17.1 Å². The molecule has 1 aliphatic heterocycles. The molecule has 1 spiro atoms. The van der Waals surface area contributed by atoms with Crippen molar-refractivity contribution in [1.82, 2.24) is 0 Å². The zero-order valence-corrected chi connectivity index (χ0v) is 34.4. The molecule has 2 heteroatoms. The first kappa shape index (κ1) is 35.5. The maximum atomic E-state index is 4.81. The van der Waals surface area contributed by atoms with Crippen LogP contribution in [0.5, 0.6) is 0 Å². The lowest BCUT2D eigenvalue weighted by molar-refractivity contribution is 0.660. The van der Waals surface area contributed by atoms with Gasteiger partial charge in [0, 0.05) is 32.3 Å². The first-order chi connectivity index (χ1) is 28.9. The monoisotopic (exact) mass is 773 g/mol. The molecule has 0 fully saturated rings. The van der Waals surface area contributed by atoms with Crippen LogP contribution in [-0.4, -0.2) is 0 Å². The second-order valence-corrected chi connectivity index (χ2v) is 17.6. The van der Waals surface area contributed by atoms with Crippen molar-refractivity contribution in [3.63, 3.8) is 0 Å². The molecule has 3 aliphatic rings. The van der Waals surface area contributed by atoms with Crippen molar-refractivity contribution in [1.29, 1.82) is 0 Å². The quantitative estimate of drug-likeness (QED) is 0.171. The molecule has 0 bridgehead atoms. The van der Waals surface area contributed by atoms with E-state index in [2.05, 4.69) is 220 Å². The lowest BCUT2D eigenvalue weighted by Gasteiger charge is -2.40. The molecule has 0 amide bonds. The molecular weight excluding hydrogens is 731 g/mol. The first-order valence-electron chi connectivity index (χ1n) is 20.6. The molecule has 0 radical (unpaired) electrons. The Labute approximate surface area is 351 Å². The topological polar surface area (TPSA) is 3.24 Å². The minimum absolute atomic E-state index is 0.0868. The Bertz CT molecular complexity index is 3040. The highest BCUT2D eigenvalue weighted by molar-refractivity contribution is 7.99. The fraction of sp³-hybridized carbons (Fsp3) is 0.0877. The van der Waals surface area contributed by atoms with Gasteiger partial charge in [-0.15, -0.1) is 0 Å². The summed E-state index contributed by atoms with van der Waals surface area (Å²) in [5.74, 6) is 0. The van der Waals surface area contributed by atoms with Gasteiger partial charge >= 0.3 is 0 Å². The summed E-state index contributed by atoms with van der Waals surface area (Å²) in [7, 11) is 0. The highest BCUT2D eigenvalue weighted by Crippen LogP contribution is 2.64. The standard InChI is InChI=1S/C57H43NS/c1-5-6-22-48-37(2)44-20-16-21-45(55(44)57(48)50-24-12-14-26-53(50)59-54-27-15-13-25-51(54)57)40-29-28-39-35-42(31-30-38(39)34-40)58(41-17-8-7-9-18-41)43-32-33-47-46-19-10-11-23-49(46)56(3,4)52(47)36-43/h5-36H,2H2,1,3-4H3/b6-5-,48-22+. The van der Waals surface area contributed by atoms with E-state index >= 15 is 0 Å². The van der Waals surface area contributed by atoms with E-state index in [1.165, 1.54) is 81.8 Å². The van der Waals surface area contributed by atoms with E-state index in [9.17, 15) is 0 Å². The number of benzene rings is 8. The smallest absolute Gasteiger partial charge is 0.0741 e. The Hall–Kier alpha value is -6.61. The van der Waals surface area contributed by atoms with Gasteiger partial charge in [-0.25, -0.2) is 0 Å². The summed E-state index contributed by atoms with van der Waals surface area (Å²) in [6.45, 7) is 11.6. The van der Waals surface area contributed by atoms with Crippen LogP contribution in [0.1, 0.15) is 54.2 Å². The lowest BCUT2D eigenvalue weighted by atomic mass is 9.65. The van der Waals surface area contributed by atoms with Crippen LogP contribution in [-0.2, 0) is 10.8 Å². The van der Waals surface area contributed by atoms with Crippen LogP contribution in [0.25, 0.3) is 38.6 Å². The van der Waals surface area contributed by atoms with Gasteiger partial charge in [-0.1, -0.05) is 172 Å². The van der Waals surface area contributed by atoms with Crippen LogP contribution in [0.2, 0.25) is 0 Å². The molecule has 59 heavy (non-hydrogen) atoms. The lowest BCUT2D eigenvalue weighted by Crippen LogP contribution is -2.32. The summed E-state index contributed by atoms with van der Waals surface area (Å²) in [6.07, 6.45) is 6.60. The molecule has 1 heterocycles. The van der Waals surface area contributed by atoms with Crippen molar-refractivity contribution >= 4 is 45.2 Å². The fourth-order valence-corrected chi connectivity index (χ4v) is 11.5. The second kappa shape index (κ2) is 13.5. The van der Waals surface area contributed by atoms with Crippen LogP contribution < -0.4 is 4.90 Å². The van der Waals surface area contributed by atoms with Crippen LogP contribution in [0, 0.1) is 0 Å². The summed E-state index contributed by atoms with van der Waals surface area (Å²) in [5, 5.41) is 2.41. The Morgan fingerprint density at radius 1 is 0.508 bits per heavy atom. The van der Waals surface area contributed by atoms with Gasteiger partial charge in [-0.05, 0) is 139 Å². The van der Waals surface area contributed by atoms with Gasteiger partial charge in [0.1, 0.15) is 0 Å². The summed E-state index contributed by atoms with van der Waals surface area (Å²) < 4.78 is 0. The highest BCUT2D eigenvalue weighted by atomic mass is 32.2. The number of para-hydroxylation sites is 1. The van der Waals surface area contributed by atoms with Gasteiger partial charge in [-0.2, -0.15) is 0 Å². The summed E-state index contributed by atoms with van der Waals surface area (Å²) >= 11 is 1.87. The molecule has 0 atom stereocenters. The van der Waals surface area contributed by atoms with E-state index in [0.717, 1.165) is 22.6 Å². The molecule has 1 nitrogen and oxygen atoms in total. The van der Waals surface area contributed by atoms with Crippen LogP contribution in [0.3, 0.4) is 0 Å². The number of allylic oxidation sites excluding steroid dienone is 5. The molecule has 0 aromatic heterocycles. The van der Waals surface area contributed by atoms with Crippen LogP contribution in [0.15, 0.2) is 216 Å². The molecule has 282 valence electrons. The van der Waals surface area contributed by atoms with Gasteiger partial charge in [0.25, 0.3) is 0 Å². The second-order valence-electron chi connectivity index (χ2n) is 16.5. The number of rotatable bonds is 5. The van der Waals surface area contributed by atoms with Crippen molar-refractivity contribution in [3.8, 4) is 22.3 Å². The Balaban J connectivity index is 1.07. The zero-order chi connectivity index (χ0) is 39.9. The van der Waals surface area contributed by atoms with Crippen molar-refractivity contribution in [3.05, 3.63) is 240 Å². The highest BCUT2D eigenvalue weighted by Gasteiger charge is 2.52. The Kier molecular flexibility index (Phi) is 8.12. The molecule has 8 aromatic carbocycles. The number of fused-ring (bicyclic) bond motifs is 10. The molecular formula is C57H43NS. The molecule has 2 aliphatic carbocycles. The van der Waals surface area contributed by atoms with Gasteiger partial charge in [0.2, 0.25) is 0 Å². The predicted octanol–water partition coefficient (Wildman–Crippen LogP) is 15.6. The third-order valence-electron chi connectivity index (χ3n) is 13.0. The van der Waals surface area contributed by atoms with Crippen molar-refractivity contribution in [2.45, 2.75) is 41.4 Å². The Morgan fingerprint density at radius 2 is 1.10 bits per heavy atom. The predicted molar refractivity (Wildman–Crippen MR) is 250 cm³/mol. The maximum absolute atomic E-state index is 4.81. The molecule has 0 N–H and O–H groups in total.